The maximum Gasteiger partial charge on any atom is 0.145 e. The van der Waals surface area contributed by atoms with Crippen LogP contribution in [0.5, 0.6) is 5.75 Å². The van der Waals surface area contributed by atoms with Gasteiger partial charge < -0.3 is 4.74 Å². The Morgan fingerprint density at radius 1 is 1.37 bits per heavy atom. The van der Waals surface area contributed by atoms with Crippen LogP contribution < -0.4 is 4.74 Å². The van der Waals surface area contributed by atoms with Crippen molar-refractivity contribution >= 4 is 23.2 Å². The van der Waals surface area contributed by atoms with Crippen LogP contribution in [0.2, 0.25) is 10.0 Å². The SMILES string of the molecule is CCn1nc(C)c(Cl)c1COc1ccc(Cl)c(F)c1. The highest BCUT2D eigenvalue weighted by Crippen LogP contribution is 2.24. The van der Waals surface area contributed by atoms with E-state index in [9.17, 15) is 4.39 Å². The van der Waals surface area contributed by atoms with Gasteiger partial charge in [0.1, 0.15) is 18.2 Å². The van der Waals surface area contributed by atoms with Crippen LogP contribution in [0.3, 0.4) is 0 Å². The molecule has 102 valence electrons. The third kappa shape index (κ3) is 3.01. The molecule has 0 bridgehead atoms. The second-order valence-corrected chi connectivity index (χ2v) is 4.81. The summed E-state index contributed by atoms with van der Waals surface area (Å²) < 4.78 is 20.6. The molecule has 0 radical (unpaired) electrons. The predicted molar refractivity (Wildman–Crippen MR) is 73.4 cm³/mol. The van der Waals surface area contributed by atoms with Gasteiger partial charge in [-0.3, -0.25) is 4.68 Å². The Balaban J connectivity index is 2.16. The van der Waals surface area contributed by atoms with Crippen LogP contribution in [0.15, 0.2) is 18.2 Å². The van der Waals surface area contributed by atoms with Crippen LogP contribution in [0.4, 0.5) is 4.39 Å². The second-order valence-electron chi connectivity index (χ2n) is 4.03. The minimum Gasteiger partial charge on any atom is -0.487 e. The second kappa shape index (κ2) is 5.80. The van der Waals surface area contributed by atoms with Gasteiger partial charge in [-0.05, 0) is 26.0 Å². The van der Waals surface area contributed by atoms with Gasteiger partial charge >= 0.3 is 0 Å². The molecule has 19 heavy (non-hydrogen) atoms. The van der Waals surface area contributed by atoms with Gasteiger partial charge in [-0.1, -0.05) is 23.2 Å². The minimum atomic E-state index is -0.509. The van der Waals surface area contributed by atoms with Gasteiger partial charge in [-0.15, -0.1) is 0 Å². The first kappa shape index (κ1) is 14.2. The van der Waals surface area contributed by atoms with Crippen molar-refractivity contribution in [1.29, 1.82) is 0 Å². The molecular weight excluding hydrogens is 290 g/mol. The lowest BCUT2D eigenvalue weighted by atomic mass is 10.3. The lowest BCUT2D eigenvalue weighted by molar-refractivity contribution is 0.291. The molecule has 0 saturated carbocycles. The lowest BCUT2D eigenvalue weighted by Gasteiger charge is -2.08. The molecule has 0 atom stereocenters. The van der Waals surface area contributed by atoms with Crippen molar-refractivity contribution in [3.8, 4) is 5.75 Å². The first-order valence-corrected chi connectivity index (χ1v) is 6.58. The third-order valence-electron chi connectivity index (χ3n) is 2.72. The lowest BCUT2D eigenvalue weighted by Crippen LogP contribution is -2.06. The standard InChI is InChI=1S/C13H13Cl2FN2O/c1-3-18-12(13(15)8(2)17-18)7-19-9-4-5-10(14)11(16)6-9/h4-6H,3,7H2,1-2H3. The van der Waals surface area contributed by atoms with Crippen molar-refractivity contribution in [1.82, 2.24) is 9.78 Å². The fraction of sp³-hybridized carbons (Fsp3) is 0.308. The zero-order valence-electron chi connectivity index (χ0n) is 10.6. The molecule has 0 aliphatic rings. The molecule has 6 heteroatoms. The predicted octanol–water partition coefficient (Wildman–Crippen LogP) is 4.24. The number of nitrogens with zero attached hydrogens (tertiary/aromatic N) is 2. The van der Waals surface area contributed by atoms with Crippen molar-refractivity contribution in [3.05, 3.63) is 45.4 Å². The van der Waals surface area contributed by atoms with Crippen LogP contribution in [0.1, 0.15) is 18.3 Å². The first-order chi connectivity index (χ1) is 9.02. The molecule has 0 saturated heterocycles. The molecule has 0 spiro atoms. The Morgan fingerprint density at radius 3 is 2.74 bits per heavy atom. The molecule has 2 aromatic rings. The molecule has 0 aliphatic heterocycles. The fourth-order valence-corrected chi connectivity index (χ4v) is 2.03. The summed E-state index contributed by atoms with van der Waals surface area (Å²) in [6.45, 7) is 4.73. The van der Waals surface area contributed by atoms with E-state index >= 15 is 0 Å². The molecule has 0 amide bonds. The highest BCUT2D eigenvalue weighted by atomic mass is 35.5. The topological polar surface area (TPSA) is 27.1 Å². The molecule has 1 heterocycles. The highest BCUT2D eigenvalue weighted by molar-refractivity contribution is 6.31. The molecule has 3 nitrogen and oxygen atoms in total. The van der Waals surface area contributed by atoms with Crippen LogP contribution in [0.25, 0.3) is 0 Å². The number of hydrogen-bond acceptors (Lipinski definition) is 2. The van der Waals surface area contributed by atoms with Crippen LogP contribution in [-0.4, -0.2) is 9.78 Å². The van der Waals surface area contributed by atoms with Gasteiger partial charge in [0.15, 0.2) is 0 Å². The van der Waals surface area contributed by atoms with Gasteiger partial charge in [0.05, 0.1) is 21.4 Å². The van der Waals surface area contributed by atoms with Crippen LogP contribution in [-0.2, 0) is 13.2 Å². The molecule has 0 N–H and O–H groups in total. The number of benzene rings is 1. The highest BCUT2D eigenvalue weighted by Gasteiger charge is 2.13. The van der Waals surface area contributed by atoms with Crippen molar-refractivity contribution < 1.29 is 9.13 Å². The average molecular weight is 303 g/mol. The smallest absolute Gasteiger partial charge is 0.145 e. The zero-order chi connectivity index (χ0) is 14.0. The van der Waals surface area contributed by atoms with Gasteiger partial charge in [0.2, 0.25) is 0 Å². The zero-order valence-corrected chi connectivity index (χ0v) is 12.1. The van der Waals surface area contributed by atoms with E-state index in [0.717, 1.165) is 11.4 Å². The van der Waals surface area contributed by atoms with Gasteiger partial charge in [-0.25, -0.2) is 4.39 Å². The van der Waals surface area contributed by atoms with E-state index in [0.29, 0.717) is 17.3 Å². The summed E-state index contributed by atoms with van der Waals surface area (Å²) in [4.78, 5) is 0. The Labute approximate surface area is 120 Å². The molecule has 0 fully saturated rings. The largest absolute Gasteiger partial charge is 0.487 e. The van der Waals surface area contributed by atoms with E-state index in [2.05, 4.69) is 5.10 Å². The van der Waals surface area contributed by atoms with E-state index in [1.54, 1.807) is 10.7 Å². The molecule has 1 aromatic heterocycles. The van der Waals surface area contributed by atoms with Crippen molar-refractivity contribution in [2.75, 3.05) is 0 Å². The molecule has 0 unspecified atom stereocenters. The van der Waals surface area contributed by atoms with Gasteiger partial charge in [0, 0.05) is 12.6 Å². The Bertz CT molecular complexity index is 599. The third-order valence-corrected chi connectivity index (χ3v) is 3.52. The van der Waals surface area contributed by atoms with Crippen molar-refractivity contribution in [2.24, 2.45) is 0 Å². The summed E-state index contributed by atoms with van der Waals surface area (Å²) in [5, 5.41) is 4.93. The molecule has 1 aromatic carbocycles. The summed E-state index contributed by atoms with van der Waals surface area (Å²) in [6, 6.07) is 4.31. The summed E-state index contributed by atoms with van der Waals surface area (Å²) in [6.07, 6.45) is 0. The number of hydrogen-bond donors (Lipinski definition) is 0. The fourth-order valence-electron chi connectivity index (χ4n) is 1.73. The van der Waals surface area contributed by atoms with Crippen molar-refractivity contribution in [3.63, 3.8) is 0 Å². The monoisotopic (exact) mass is 302 g/mol. The van der Waals surface area contributed by atoms with Crippen LogP contribution in [0, 0.1) is 12.7 Å². The number of rotatable bonds is 4. The summed E-state index contributed by atoms with van der Waals surface area (Å²) in [5.41, 5.74) is 1.53. The Kier molecular flexibility index (Phi) is 4.32. The minimum absolute atomic E-state index is 0.0693. The van der Waals surface area contributed by atoms with E-state index in [1.165, 1.54) is 12.1 Å². The average Bonchev–Trinajstić information content (AvgIpc) is 2.67. The van der Waals surface area contributed by atoms with E-state index in [4.69, 9.17) is 27.9 Å². The molecule has 2 rings (SSSR count). The summed E-state index contributed by atoms with van der Waals surface area (Å²) in [5.74, 6) is -0.107. The summed E-state index contributed by atoms with van der Waals surface area (Å²) >= 11 is 11.8. The van der Waals surface area contributed by atoms with Gasteiger partial charge in [0.25, 0.3) is 0 Å². The molecule has 0 aliphatic carbocycles. The van der Waals surface area contributed by atoms with E-state index in [1.807, 2.05) is 13.8 Å². The van der Waals surface area contributed by atoms with Crippen molar-refractivity contribution in [2.45, 2.75) is 27.0 Å². The van der Waals surface area contributed by atoms with E-state index < -0.39 is 5.82 Å². The van der Waals surface area contributed by atoms with Gasteiger partial charge in [-0.2, -0.15) is 5.10 Å². The maximum absolute atomic E-state index is 13.3. The summed E-state index contributed by atoms with van der Waals surface area (Å²) in [7, 11) is 0. The first-order valence-electron chi connectivity index (χ1n) is 5.82. The Hall–Kier alpha value is -1.26. The normalized spacial score (nSPS) is 10.8. The van der Waals surface area contributed by atoms with E-state index in [-0.39, 0.29) is 11.6 Å². The number of halogens is 3. The number of ether oxygens (including phenoxy) is 1. The number of aromatic nitrogens is 2. The maximum atomic E-state index is 13.3. The Morgan fingerprint density at radius 2 is 2.11 bits per heavy atom. The molecular formula is C13H13Cl2FN2O. The van der Waals surface area contributed by atoms with Crippen LogP contribution >= 0.6 is 23.2 Å². The quantitative estimate of drug-likeness (QED) is 0.845. The number of aryl methyl sites for hydroxylation is 2.